The molecule has 0 aliphatic rings. The normalized spacial score (nSPS) is 10.6. The minimum Gasteiger partial charge on any atom is -0.326 e. The standard InChI is InChI=1S/C11H9F2NS/c12-7-1-2-8(10(13)5-7)9-3-4-15-11(9)6-14/h1-5H,6,14H2. The van der Waals surface area contributed by atoms with E-state index in [-0.39, 0.29) is 0 Å². The summed E-state index contributed by atoms with van der Waals surface area (Å²) in [5.41, 5.74) is 6.68. The molecule has 0 saturated carbocycles. The number of hydrogen-bond donors (Lipinski definition) is 1. The Morgan fingerprint density at radius 1 is 1.13 bits per heavy atom. The van der Waals surface area contributed by atoms with E-state index in [4.69, 9.17) is 5.73 Å². The third kappa shape index (κ3) is 1.91. The maximum atomic E-state index is 13.5. The Hall–Kier alpha value is -1.26. The average Bonchev–Trinajstić information content (AvgIpc) is 2.65. The van der Waals surface area contributed by atoms with Crippen molar-refractivity contribution >= 4 is 11.3 Å². The van der Waals surface area contributed by atoms with Gasteiger partial charge in [0.2, 0.25) is 0 Å². The first-order valence-corrected chi connectivity index (χ1v) is 5.32. The van der Waals surface area contributed by atoms with Gasteiger partial charge in [-0.1, -0.05) is 0 Å². The number of nitrogens with two attached hydrogens (primary N) is 1. The van der Waals surface area contributed by atoms with Crippen molar-refractivity contribution in [2.75, 3.05) is 0 Å². The topological polar surface area (TPSA) is 26.0 Å². The lowest BCUT2D eigenvalue weighted by Crippen LogP contribution is -1.96. The summed E-state index contributed by atoms with van der Waals surface area (Å²) in [6, 6.07) is 5.36. The molecule has 0 spiro atoms. The van der Waals surface area contributed by atoms with E-state index >= 15 is 0 Å². The van der Waals surface area contributed by atoms with E-state index in [2.05, 4.69) is 0 Å². The minimum atomic E-state index is -0.569. The van der Waals surface area contributed by atoms with Crippen LogP contribution in [0, 0.1) is 11.6 Å². The van der Waals surface area contributed by atoms with Crippen LogP contribution >= 0.6 is 11.3 Å². The molecule has 0 atom stereocenters. The number of halogens is 2. The molecule has 0 saturated heterocycles. The Labute approximate surface area is 90.2 Å². The molecule has 2 N–H and O–H groups in total. The largest absolute Gasteiger partial charge is 0.326 e. The van der Waals surface area contributed by atoms with Crippen molar-refractivity contribution in [1.82, 2.24) is 0 Å². The number of rotatable bonds is 2. The molecular formula is C11H9F2NS. The summed E-state index contributed by atoms with van der Waals surface area (Å²) >= 11 is 1.47. The van der Waals surface area contributed by atoms with E-state index in [1.54, 1.807) is 6.07 Å². The van der Waals surface area contributed by atoms with Gasteiger partial charge in [0, 0.05) is 23.1 Å². The maximum Gasteiger partial charge on any atom is 0.133 e. The van der Waals surface area contributed by atoms with E-state index in [1.165, 1.54) is 23.5 Å². The zero-order valence-electron chi connectivity index (χ0n) is 7.84. The van der Waals surface area contributed by atoms with Crippen LogP contribution in [0.4, 0.5) is 8.78 Å². The predicted molar refractivity (Wildman–Crippen MR) is 57.6 cm³/mol. The lowest BCUT2D eigenvalue weighted by atomic mass is 10.1. The highest BCUT2D eigenvalue weighted by Gasteiger charge is 2.10. The molecule has 0 radical (unpaired) electrons. The third-order valence-corrected chi connectivity index (χ3v) is 3.10. The molecule has 0 amide bonds. The van der Waals surface area contributed by atoms with Crippen molar-refractivity contribution in [3.63, 3.8) is 0 Å². The molecule has 1 aromatic carbocycles. The molecular weight excluding hydrogens is 216 g/mol. The molecule has 2 aromatic rings. The summed E-state index contributed by atoms with van der Waals surface area (Å²) in [7, 11) is 0. The molecule has 1 heterocycles. The fourth-order valence-electron chi connectivity index (χ4n) is 1.45. The summed E-state index contributed by atoms with van der Waals surface area (Å²) in [6.07, 6.45) is 0. The molecule has 1 aromatic heterocycles. The van der Waals surface area contributed by atoms with Crippen LogP contribution in [0.15, 0.2) is 29.6 Å². The van der Waals surface area contributed by atoms with E-state index in [0.29, 0.717) is 12.1 Å². The van der Waals surface area contributed by atoms with Gasteiger partial charge >= 0.3 is 0 Å². The van der Waals surface area contributed by atoms with Gasteiger partial charge in [-0.25, -0.2) is 8.78 Å². The van der Waals surface area contributed by atoms with Crippen LogP contribution in [0.3, 0.4) is 0 Å². The highest BCUT2D eigenvalue weighted by Crippen LogP contribution is 2.30. The van der Waals surface area contributed by atoms with Gasteiger partial charge < -0.3 is 5.73 Å². The highest BCUT2D eigenvalue weighted by atomic mass is 32.1. The minimum absolute atomic E-state index is 0.365. The van der Waals surface area contributed by atoms with Gasteiger partial charge in [0.05, 0.1) is 0 Å². The van der Waals surface area contributed by atoms with Crippen molar-refractivity contribution in [2.45, 2.75) is 6.54 Å². The molecule has 4 heteroatoms. The SMILES string of the molecule is NCc1sccc1-c1ccc(F)cc1F. The van der Waals surface area contributed by atoms with Crippen molar-refractivity contribution in [3.05, 3.63) is 46.2 Å². The quantitative estimate of drug-likeness (QED) is 0.834. The monoisotopic (exact) mass is 225 g/mol. The molecule has 2 rings (SSSR count). The smallest absolute Gasteiger partial charge is 0.133 e. The summed E-state index contributed by atoms with van der Waals surface area (Å²) in [6.45, 7) is 0.365. The summed E-state index contributed by atoms with van der Waals surface area (Å²) in [5.74, 6) is -1.12. The van der Waals surface area contributed by atoms with Gasteiger partial charge in [0.1, 0.15) is 11.6 Å². The Morgan fingerprint density at radius 3 is 2.60 bits per heavy atom. The van der Waals surface area contributed by atoms with Crippen molar-refractivity contribution in [2.24, 2.45) is 5.73 Å². The van der Waals surface area contributed by atoms with E-state index < -0.39 is 11.6 Å². The number of benzene rings is 1. The van der Waals surface area contributed by atoms with Crippen molar-refractivity contribution < 1.29 is 8.78 Å². The first-order valence-electron chi connectivity index (χ1n) is 4.44. The first kappa shape index (κ1) is 10.3. The first-order chi connectivity index (χ1) is 7.22. The van der Waals surface area contributed by atoms with Crippen LogP contribution in [-0.4, -0.2) is 0 Å². The van der Waals surface area contributed by atoms with Crippen LogP contribution in [0.25, 0.3) is 11.1 Å². The molecule has 0 aliphatic carbocycles. The number of thiophene rings is 1. The average molecular weight is 225 g/mol. The molecule has 1 nitrogen and oxygen atoms in total. The van der Waals surface area contributed by atoms with Crippen molar-refractivity contribution in [3.8, 4) is 11.1 Å². The van der Waals surface area contributed by atoms with Crippen LogP contribution < -0.4 is 5.73 Å². The second-order valence-corrected chi connectivity index (χ2v) is 4.09. The third-order valence-electron chi connectivity index (χ3n) is 2.15. The lowest BCUT2D eigenvalue weighted by molar-refractivity contribution is 0.585. The predicted octanol–water partition coefficient (Wildman–Crippen LogP) is 3.15. The van der Waals surface area contributed by atoms with Gasteiger partial charge in [-0.3, -0.25) is 0 Å². The van der Waals surface area contributed by atoms with Crippen LogP contribution in [0.5, 0.6) is 0 Å². The summed E-state index contributed by atoms with van der Waals surface area (Å²) in [5, 5.41) is 1.85. The van der Waals surface area contributed by atoms with Gasteiger partial charge in [-0.15, -0.1) is 11.3 Å². The van der Waals surface area contributed by atoms with Gasteiger partial charge in [-0.05, 0) is 29.1 Å². The van der Waals surface area contributed by atoms with E-state index in [9.17, 15) is 8.78 Å². The van der Waals surface area contributed by atoms with E-state index in [0.717, 1.165) is 16.5 Å². The van der Waals surface area contributed by atoms with Crippen molar-refractivity contribution in [1.29, 1.82) is 0 Å². The molecule has 0 aliphatic heterocycles. The Morgan fingerprint density at radius 2 is 1.93 bits per heavy atom. The second kappa shape index (κ2) is 4.08. The maximum absolute atomic E-state index is 13.5. The van der Waals surface area contributed by atoms with Crippen LogP contribution in [0.1, 0.15) is 4.88 Å². The highest BCUT2D eigenvalue weighted by molar-refractivity contribution is 7.10. The lowest BCUT2D eigenvalue weighted by Gasteiger charge is -2.03. The summed E-state index contributed by atoms with van der Waals surface area (Å²) in [4.78, 5) is 0.903. The van der Waals surface area contributed by atoms with E-state index in [1.807, 2.05) is 5.38 Å². The molecule has 0 fully saturated rings. The Bertz CT molecular complexity index is 479. The molecule has 78 valence electrons. The Balaban J connectivity index is 2.54. The second-order valence-electron chi connectivity index (χ2n) is 3.09. The zero-order chi connectivity index (χ0) is 10.8. The fourth-order valence-corrected chi connectivity index (χ4v) is 2.22. The molecule has 0 unspecified atom stereocenters. The summed E-state index contributed by atoms with van der Waals surface area (Å²) < 4.78 is 26.2. The molecule has 0 bridgehead atoms. The Kier molecular flexibility index (Phi) is 2.79. The zero-order valence-corrected chi connectivity index (χ0v) is 8.65. The fraction of sp³-hybridized carbons (Fsp3) is 0.0909. The van der Waals surface area contributed by atoms with Gasteiger partial charge in [0.25, 0.3) is 0 Å². The van der Waals surface area contributed by atoms with Crippen LogP contribution in [-0.2, 0) is 6.54 Å². The number of hydrogen-bond acceptors (Lipinski definition) is 2. The van der Waals surface area contributed by atoms with Gasteiger partial charge in [-0.2, -0.15) is 0 Å². The molecule has 15 heavy (non-hydrogen) atoms. The van der Waals surface area contributed by atoms with Gasteiger partial charge in [0.15, 0.2) is 0 Å². The van der Waals surface area contributed by atoms with Crippen LogP contribution in [0.2, 0.25) is 0 Å².